The molecule has 10 heteroatoms. The van der Waals surface area contributed by atoms with E-state index in [0.717, 1.165) is 34.6 Å². The molecule has 0 aliphatic carbocycles. The highest BCUT2D eigenvalue weighted by Gasteiger charge is 2.29. The van der Waals surface area contributed by atoms with Gasteiger partial charge in [-0.2, -0.15) is 0 Å². The van der Waals surface area contributed by atoms with E-state index >= 15 is 0 Å². The number of benzene rings is 3. The van der Waals surface area contributed by atoms with Gasteiger partial charge in [-0.1, -0.05) is 85.9 Å². The van der Waals surface area contributed by atoms with Crippen molar-refractivity contribution in [2.75, 3.05) is 0 Å². The predicted molar refractivity (Wildman–Crippen MR) is 159 cm³/mol. The Hall–Kier alpha value is -4.02. The quantitative estimate of drug-likeness (QED) is 0.192. The van der Waals surface area contributed by atoms with Gasteiger partial charge < -0.3 is 9.97 Å². The molecule has 0 radical (unpaired) electrons. The number of hydrogen-bond acceptors (Lipinski definition) is 8. The number of rotatable bonds is 10. The lowest BCUT2D eigenvalue weighted by molar-refractivity contribution is -0.119. The molecule has 202 valence electrons. The topological polar surface area (TPSA) is 126 Å². The first-order chi connectivity index (χ1) is 19.4. The lowest BCUT2D eigenvalue weighted by Gasteiger charge is -2.18. The summed E-state index contributed by atoms with van der Waals surface area (Å²) >= 11 is 1.78. The Morgan fingerprint density at radius 3 is 1.48 bits per heavy atom. The molecular formula is C30H26N4O4S2. The zero-order chi connectivity index (χ0) is 28.2. The van der Waals surface area contributed by atoms with Crippen LogP contribution in [0, 0.1) is 0 Å². The predicted octanol–water partition coefficient (Wildman–Crippen LogP) is 6.63. The Kier molecular flexibility index (Phi) is 8.27. The molecule has 2 aromatic heterocycles. The molecule has 2 heterocycles. The summed E-state index contributed by atoms with van der Waals surface area (Å²) in [4.78, 5) is 67.2. The summed E-state index contributed by atoms with van der Waals surface area (Å²) in [6.45, 7) is 3.49. The van der Waals surface area contributed by atoms with Gasteiger partial charge in [0.05, 0.1) is 32.6 Å². The first-order valence-electron chi connectivity index (χ1n) is 12.8. The smallest absolute Gasteiger partial charge is 0.255 e. The van der Waals surface area contributed by atoms with Crippen LogP contribution in [0.3, 0.4) is 0 Å². The first-order valence-corrected chi connectivity index (χ1v) is 14.6. The molecule has 2 atom stereocenters. The number of Topliss-reactive ketones (excluding diaryl/α,β-unsaturated/α-hetero) is 2. The van der Waals surface area contributed by atoms with Crippen LogP contribution in [0.15, 0.2) is 72.8 Å². The van der Waals surface area contributed by atoms with Crippen LogP contribution >= 0.6 is 23.5 Å². The molecule has 0 aliphatic heterocycles. The van der Waals surface area contributed by atoms with Gasteiger partial charge in [-0.15, -0.1) is 0 Å². The molecule has 8 nitrogen and oxygen atoms in total. The van der Waals surface area contributed by atoms with E-state index in [1.807, 2.05) is 36.4 Å². The van der Waals surface area contributed by atoms with Crippen LogP contribution in [0.1, 0.15) is 69.6 Å². The third kappa shape index (κ3) is 5.78. The molecule has 5 aromatic rings. The van der Waals surface area contributed by atoms with E-state index < -0.39 is 10.5 Å². The summed E-state index contributed by atoms with van der Waals surface area (Å²) in [6, 6.07) is 21.7. The number of H-pyrrole nitrogens is 2. The van der Waals surface area contributed by atoms with Crippen molar-refractivity contribution in [3.63, 3.8) is 0 Å². The minimum Gasteiger partial charge on any atom is -0.335 e. The second kappa shape index (κ2) is 12.0. The van der Waals surface area contributed by atoms with E-state index in [2.05, 4.69) is 19.9 Å². The van der Waals surface area contributed by atoms with Crippen molar-refractivity contribution in [2.24, 2.45) is 0 Å². The number of aromatic amines is 2. The summed E-state index contributed by atoms with van der Waals surface area (Å²) in [5.41, 5.74) is 3.98. The van der Waals surface area contributed by atoms with Gasteiger partial charge in [-0.05, 0) is 35.4 Å². The number of hydrogen-bond donors (Lipinski definition) is 2. The Morgan fingerprint density at radius 2 is 1.07 bits per heavy atom. The van der Waals surface area contributed by atoms with Gasteiger partial charge in [0.1, 0.15) is 11.6 Å². The first kappa shape index (κ1) is 27.5. The van der Waals surface area contributed by atoms with Gasteiger partial charge in [0.25, 0.3) is 10.2 Å². The number of fused-ring (bicyclic) bond motifs is 2. The number of para-hydroxylation sites is 4. The van der Waals surface area contributed by atoms with Crippen molar-refractivity contribution in [2.45, 2.75) is 37.2 Å². The summed E-state index contributed by atoms with van der Waals surface area (Å²) in [5, 5.41) is -2.30. The van der Waals surface area contributed by atoms with Gasteiger partial charge in [0.15, 0.2) is 11.6 Å². The monoisotopic (exact) mass is 570 g/mol. The third-order valence-electron chi connectivity index (χ3n) is 6.41. The molecule has 0 fully saturated rings. The highest BCUT2D eigenvalue weighted by molar-refractivity contribution is 8.15. The maximum Gasteiger partial charge on any atom is 0.255 e. The van der Waals surface area contributed by atoms with Crippen molar-refractivity contribution < 1.29 is 19.2 Å². The number of ketones is 2. The molecule has 3 aromatic carbocycles. The van der Waals surface area contributed by atoms with Gasteiger partial charge in [-0.25, -0.2) is 9.97 Å². The van der Waals surface area contributed by atoms with E-state index in [0.29, 0.717) is 22.2 Å². The fourth-order valence-corrected chi connectivity index (χ4v) is 6.33. The minimum atomic E-state index is -0.792. The summed E-state index contributed by atoms with van der Waals surface area (Å²) < 4.78 is 0. The van der Waals surface area contributed by atoms with Crippen LogP contribution in [0.5, 0.6) is 0 Å². The molecule has 2 unspecified atom stereocenters. The number of thioether (sulfide) groups is 2. The average Bonchev–Trinajstić information content (AvgIpc) is 3.62. The summed E-state index contributed by atoms with van der Waals surface area (Å²) in [5.74, 6) is 0.0801. The van der Waals surface area contributed by atoms with E-state index in [1.165, 1.54) is 0 Å². The number of nitrogens with zero attached hydrogens (tertiary/aromatic N) is 2. The Morgan fingerprint density at radius 1 is 0.650 bits per heavy atom. The Balaban J connectivity index is 1.42. The highest BCUT2D eigenvalue weighted by atomic mass is 32.2. The number of carbonyl (C=O) groups excluding carboxylic acids is 4. The van der Waals surface area contributed by atoms with Crippen LogP contribution in [0.4, 0.5) is 0 Å². The molecule has 0 saturated heterocycles. The van der Waals surface area contributed by atoms with Gasteiger partial charge in [0.2, 0.25) is 0 Å². The molecule has 0 amide bonds. The van der Waals surface area contributed by atoms with Crippen molar-refractivity contribution in [3.8, 4) is 0 Å². The Bertz CT molecular complexity index is 1550. The number of nitrogens with one attached hydrogen (secondary N) is 2. The van der Waals surface area contributed by atoms with Crippen molar-refractivity contribution in [1.29, 1.82) is 0 Å². The van der Waals surface area contributed by atoms with Crippen molar-refractivity contribution in [3.05, 3.63) is 95.6 Å². The largest absolute Gasteiger partial charge is 0.335 e. The molecule has 0 bridgehead atoms. The number of imidazole rings is 2. The van der Waals surface area contributed by atoms with Gasteiger partial charge >= 0.3 is 0 Å². The molecule has 2 N–H and O–H groups in total. The SMILES string of the molecule is CCC(=O)C(SC(=O)c1nc2ccccc2[nH]1)c1cccc(C(SC(=O)c2nc3ccccc3[nH]2)C(=O)CC)c1. The van der Waals surface area contributed by atoms with E-state index in [-0.39, 0.29) is 46.3 Å². The molecular weight excluding hydrogens is 544 g/mol. The van der Waals surface area contributed by atoms with Crippen LogP contribution < -0.4 is 0 Å². The van der Waals surface area contributed by atoms with Crippen LogP contribution in [-0.4, -0.2) is 41.7 Å². The highest BCUT2D eigenvalue weighted by Crippen LogP contribution is 2.38. The third-order valence-corrected chi connectivity index (χ3v) is 8.77. The average molecular weight is 571 g/mol. The zero-order valence-corrected chi connectivity index (χ0v) is 23.5. The summed E-state index contributed by atoms with van der Waals surface area (Å²) in [7, 11) is 0. The number of aromatic nitrogens is 4. The second-order valence-corrected chi connectivity index (χ2v) is 11.2. The van der Waals surface area contributed by atoms with Crippen molar-refractivity contribution >= 4 is 67.4 Å². The standard InChI is InChI=1S/C30H26N4O4S2/c1-3-23(35)25(39-29(37)27-31-19-12-5-6-13-20(19)32-27)17-10-9-11-18(16-17)26(24(36)4-2)40-30(38)28-33-21-14-7-8-15-22(21)34-28/h5-16,25-26H,3-4H2,1-2H3,(H,31,32)(H,33,34). The fourth-order valence-electron chi connectivity index (χ4n) is 4.32. The molecule has 0 spiro atoms. The van der Waals surface area contributed by atoms with E-state index in [4.69, 9.17) is 0 Å². The van der Waals surface area contributed by atoms with Crippen LogP contribution in [-0.2, 0) is 9.59 Å². The van der Waals surface area contributed by atoms with Crippen LogP contribution in [0.2, 0.25) is 0 Å². The van der Waals surface area contributed by atoms with E-state index in [1.54, 1.807) is 50.2 Å². The minimum absolute atomic E-state index is 0.129. The Labute approximate surface area is 238 Å². The zero-order valence-electron chi connectivity index (χ0n) is 21.8. The van der Waals surface area contributed by atoms with Gasteiger partial charge in [0, 0.05) is 12.8 Å². The lowest BCUT2D eigenvalue weighted by Crippen LogP contribution is -2.14. The summed E-state index contributed by atoms with van der Waals surface area (Å²) in [6.07, 6.45) is 0.456. The maximum absolute atomic E-state index is 13.2. The molecule has 5 rings (SSSR count). The maximum atomic E-state index is 13.2. The molecule has 0 aliphatic rings. The molecule has 0 saturated carbocycles. The van der Waals surface area contributed by atoms with E-state index in [9.17, 15) is 19.2 Å². The molecule has 40 heavy (non-hydrogen) atoms. The second-order valence-electron chi connectivity index (χ2n) is 9.09. The van der Waals surface area contributed by atoms with Crippen molar-refractivity contribution in [1.82, 2.24) is 19.9 Å². The fraction of sp³-hybridized carbons (Fsp3) is 0.200. The van der Waals surface area contributed by atoms with Crippen LogP contribution in [0.25, 0.3) is 22.1 Å². The number of carbonyl (C=O) groups is 4. The lowest BCUT2D eigenvalue weighted by atomic mass is 10.0. The van der Waals surface area contributed by atoms with Gasteiger partial charge in [-0.3, -0.25) is 19.2 Å². The normalized spacial score (nSPS) is 12.8.